The smallest absolute Gasteiger partial charge is 0.164 e. The molecule has 0 fully saturated rings. The summed E-state index contributed by atoms with van der Waals surface area (Å²) in [4.78, 5) is 48.5. The minimum absolute atomic E-state index is 0.633. The van der Waals surface area contributed by atoms with Crippen LogP contribution in [-0.2, 0) is 0 Å². The molecule has 0 spiro atoms. The first kappa shape index (κ1) is 70.5. The summed E-state index contributed by atoms with van der Waals surface area (Å²) in [6.45, 7) is 0. The van der Waals surface area contributed by atoms with Gasteiger partial charge in [-0.25, -0.2) is 49.8 Å². The van der Waals surface area contributed by atoms with Crippen molar-refractivity contribution in [1.82, 2.24) is 63.5 Å². The summed E-state index contributed by atoms with van der Waals surface area (Å²) in [5, 5.41) is 6.86. The lowest BCUT2D eigenvalue weighted by molar-refractivity contribution is 1.07. The molecule has 0 radical (unpaired) electrons. The van der Waals surface area contributed by atoms with Crippen LogP contribution >= 0.6 is 47.8 Å². The van der Waals surface area contributed by atoms with Gasteiger partial charge in [-0.05, 0) is 164 Å². The minimum Gasteiger partial charge on any atom is -0.294 e. The Morgan fingerprint density at radius 1 is 0.184 bits per heavy atom. The van der Waals surface area contributed by atoms with E-state index < -0.39 is 0 Å². The van der Waals surface area contributed by atoms with E-state index in [0.717, 1.165) is 164 Å². The van der Waals surface area contributed by atoms with E-state index in [2.05, 4.69) is 256 Å². The second-order valence-electron chi connectivity index (χ2n) is 27.2. The Labute approximate surface area is 680 Å². The number of nitrogens with zero attached hydrogens (tertiary/aromatic N) is 13. The van der Waals surface area contributed by atoms with Gasteiger partial charge >= 0.3 is 0 Å². The van der Waals surface area contributed by atoms with E-state index in [4.69, 9.17) is 49.8 Å². The molecule has 16 heteroatoms. The van der Waals surface area contributed by atoms with Crippen molar-refractivity contribution in [2.45, 2.75) is 0 Å². The molecule has 0 aliphatic heterocycles. The third kappa shape index (κ3) is 14.1. The molecule has 0 aliphatic carbocycles. The van der Waals surface area contributed by atoms with Gasteiger partial charge in [-0.2, -0.15) is 0 Å². The SMILES string of the molecule is Brc1ccc2c(c1)c1cccnc1n2-c1ccc(-c2cc(-c3ccccc3)nc(-c3ccccc3)n2)cc1.Brc1ccc2c(c1)c1cccnc1n2-c1ccc(-c2nc(-c3ccccc3)cc(-c3ccccc3)n2)cc1.Brc1ccc2c(c1)c1cccnc1n2-c1ccc(-c2nc(-c3ccccc3)nc(-c3ccccc3)n2)cc1. The number of benzene rings is 12. The lowest BCUT2D eigenvalue weighted by Crippen LogP contribution is -2.00. The predicted molar refractivity (Wildman–Crippen MR) is 472 cm³/mol. The Morgan fingerprint density at radius 2 is 0.412 bits per heavy atom. The van der Waals surface area contributed by atoms with Crippen LogP contribution in [0.2, 0.25) is 0 Å². The Hall–Kier alpha value is -13.9. The highest BCUT2D eigenvalue weighted by Crippen LogP contribution is 2.39. The molecular weight excluding hydrogens is 1600 g/mol. The van der Waals surface area contributed by atoms with E-state index >= 15 is 0 Å². The monoisotopic (exact) mass is 1660 g/mol. The first-order valence-electron chi connectivity index (χ1n) is 37.1. The summed E-state index contributed by atoms with van der Waals surface area (Å²) < 4.78 is 9.76. The number of rotatable bonds is 12. The fourth-order valence-corrected chi connectivity index (χ4v) is 15.7. The van der Waals surface area contributed by atoms with E-state index in [1.165, 1.54) is 5.39 Å². The molecule has 0 atom stereocenters. The summed E-state index contributed by atoms with van der Waals surface area (Å²) in [6, 6.07) is 122. The Bertz CT molecular complexity index is 6240. The van der Waals surface area contributed by atoms with Gasteiger partial charge in [0.05, 0.1) is 39.3 Å². The quantitative estimate of drug-likeness (QED) is 0.116. The predicted octanol–water partition coefficient (Wildman–Crippen LogP) is 25.6. The van der Waals surface area contributed by atoms with Gasteiger partial charge in [0.25, 0.3) is 0 Å². The summed E-state index contributed by atoms with van der Waals surface area (Å²) in [6.07, 6.45) is 5.52. The molecule has 21 aromatic rings. The molecule has 0 saturated heterocycles. The summed E-state index contributed by atoms with van der Waals surface area (Å²) in [5.41, 5.74) is 21.8. The van der Waals surface area contributed by atoms with E-state index in [1.54, 1.807) is 0 Å². The maximum atomic E-state index is 4.97. The second kappa shape index (κ2) is 31.1. The van der Waals surface area contributed by atoms with E-state index in [9.17, 15) is 0 Å². The van der Waals surface area contributed by atoms with Gasteiger partial charge < -0.3 is 0 Å². The van der Waals surface area contributed by atoms with E-state index in [-0.39, 0.29) is 0 Å². The van der Waals surface area contributed by atoms with Crippen molar-refractivity contribution in [3.8, 4) is 119 Å². The number of fused-ring (bicyclic) bond motifs is 9. The molecule has 9 heterocycles. The first-order valence-corrected chi connectivity index (χ1v) is 39.4. The zero-order valence-electron chi connectivity index (χ0n) is 60.7. The molecule has 21 rings (SSSR count). The molecule has 0 bridgehead atoms. The largest absolute Gasteiger partial charge is 0.294 e. The van der Waals surface area contributed by atoms with Gasteiger partial charge in [-0.1, -0.05) is 242 Å². The molecule has 0 amide bonds. The van der Waals surface area contributed by atoms with Crippen LogP contribution in [0.5, 0.6) is 0 Å². The van der Waals surface area contributed by atoms with Crippen molar-refractivity contribution >= 4 is 114 Å². The van der Waals surface area contributed by atoms with Gasteiger partial charge in [0.1, 0.15) is 16.9 Å². The third-order valence-corrected chi connectivity index (χ3v) is 21.5. The van der Waals surface area contributed by atoms with Crippen molar-refractivity contribution in [2.24, 2.45) is 0 Å². The Balaban J connectivity index is 0.000000115. The maximum absolute atomic E-state index is 4.97. The van der Waals surface area contributed by atoms with Crippen LogP contribution in [0, 0.1) is 0 Å². The van der Waals surface area contributed by atoms with Gasteiger partial charge in [0, 0.05) is 131 Å². The summed E-state index contributed by atoms with van der Waals surface area (Å²) in [5.74, 6) is 3.34. The molecule has 0 unspecified atom stereocenters. The highest BCUT2D eigenvalue weighted by atomic mass is 79.9. The number of pyridine rings is 3. The molecule has 9 aromatic heterocycles. The van der Waals surface area contributed by atoms with Crippen molar-refractivity contribution < 1.29 is 0 Å². The summed E-state index contributed by atoms with van der Waals surface area (Å²) >= 11 is 10.9. The van der Waals surface area contributed by atoms with Crippen LogP contribution < -0.4 is 0 Å². The first-order chi connectivity index (χ1) is 56.2. The van der Waals surface area contributed by atoms with Crippen LogP contribution in [0.1, 0.15) is 0 Å². The number of hydrogen-bond donors (Lipinski definition) is 0. The molecule has 540 valence electrons. The maximum Gasteiger partial charge on any atom is 0.164 e. The number of hydrogen-bond acceptors (Lipinski definition) is 10. The van der Waals surface area contributed by atoms with Crippen molar-refractivity contribution in [2.75, 3.05) is 0 Å². The van der Waals surface area contributed by atoms with Gasteiger partial charge in [0.2, 0.25) is 0 Å². The van der Waals surface area contributed by atoms with Crippen molar-refractivity contribution in [3.63, 3.8) is 0 Å². The lowest BCUT2D eigenvalue weighted by atomic mass is 10.1. The molecule has 12 aromatic carbocycles. The zero-order valence-corrected chi connectivity index (χ0v) is 65.5. The number of halogens is 3. The topological polar surface area (TPSA) is 144 Å². The minimum atomic E-state index is 0.633. The zero-order chi connectivity index (χ0) is 76.4. The Kier molecular flexibility index (Phi) is 19.2. The average Bonchev–Trinajstić information content (AvgIpc) is 1.59. The lowest BCUT2D eigenvalue weighted by Gasteiger charge is -2.11. The molecule has 0 N–H and O–H groups in total. The van der Waals surface area contributed by atoms with E-state index in [0.29, 0.717) is 29.1 Å². The number of aromatic nitrogens is 13. The second-order valence-corrected chi connectivity index (χ2v) is 29.9. The fourth-order valence-electron chi connectivity index (χ4n) is 14.6. The van der Waals surface area contributed by atoms with Gasteiger partial charge in [-0.3, -0.25) is 13.7 Å². The fraction of sp³-hybridized carbons (Fsp3) is 0. The normalized spacial score (nSPS) is 11.3. The van der Waals surface area contributed by atoms with Gasteiger partial charge in [0.15, 0.2) is 29.1 Å². The molecule has 0 saturated carbocycles. The molecule has 0 aliphatic rings. The van der Waals surface area contributed by atoms with Crippen LogP contribution in [0.3, 0.4) is 0 Å². The highest BCUT2D eigenvalue weighted by molar-refractivity contribution is 9.11. The van der Waals surface area contributed by atoms with Crippen LogP contribution in [-0.4, -0.2) is 63.5 Å². The molecular formula is C98H62Br3N13. The van der Waals surface area contributed by atoms with E-state index in [1.807, 2.05) is 182 Å². The summed E-state index contributed by atoms with van der Waals surface area (Å²) in [7, 11) is 0. The third-order valence-electron chi connectivity index (χ3n) is 20.0. The van der Waals surface area contributed by atoms with Crippen LogP contribution in [0.4, 0.5) is 0 Å². The average molecular weight is 1660 g/mol. The van der Waals surface area contributed by atoms with Gasteiger partial charge in [-0.15, -0.1) is 0 Å². The van der Waals surface area contributed by atoms with Crippen molar-refractivity contribution in [1.29, 1.82) is 0 Å². The van der Waals surface area contributed by atoms with Crippen LogP contribution in [0.25, 0.3) is 185 Å². The molecule has 13 nitrogen and oxygen atoms in total. The highest BCUT2D eigenvalue weighted by Gasteiger charge is 2.21. The van der Waals surface area contributed by atoms with Crippen LogP contribution in [0.15, 0.2) is 390 Å². The Morgan fingerprint density at radius 3 is 0.684 bits per heavy atom. The standard InChI is InChI=1S/2C33H21BrN4.C32H20BrN5/c34-25-15-18-31-28(20-25)27-12-7-19-35-33(27)38(31)26-16-13-23(14-17-26)30-21-29(22-8-3-1-4-9-22)36-32(37-30)24-10-5-2-6-11-24;34-25-15-18-31-28(20-25)27-12-7-19-35-33(27)38(31)26-16-13-24(14-17-26)32-36-29(22-8-3-1-4-9-22)21-30(37-32)23-10-5-2-6-11-23;33-24-15-18-28-27(20-24)26-12-7-19-34-32(26)38(28)25-16-13-23(14-17-25)31-36-29(21-8-3-1-4-9-21)35-30(37-31)22-10-5-2-6-11-22/h2*1-21H;1-20H. The molecule has 114 heavy (non-hydrogen) atoms. The van der Waals surface area contributed by atoms with Crippen molar-refractivity contribution in [3.05, 3.63) is 390 Å².